The van der Waals surface area contributed by atoms with Gasteiger partial charge in [-0.05, 0) is 80.2 Å². The van der Waals surface area contributed by atoms with Crippen LogP contribution in [0, 0.1) is 31.1 Å². The van der Waals surface area contributed by atoms with E-state index in [1.54, 1.807) is 33.0 Å². The van der Waals surface area contributed by atoms with Crippen LogP contribution in [0.3, 0.4) is 0 Å². The zero-order chi connectivity index (χ0) is 33.0. The zero-order valence-electron chi connectivity index (χ0n) is 23.0. The second-order valence-electron chi connectivity index (χ2n) is 8.26. The zero-order valence-corrected chi connectivity index (χ0v) is 30.2. The van der Waals surface area contributed by atoms with Crippen LogP contribution in [0.5, 0.6) is 0 Å². The lowest BCUT2D eigenvalue weighted by atomic mass is 10.1. The van der Waals surface area contributed by atoms with Crippen molar-refractivity contribution in [3.63, 3.8) is 0 Å². The first-order chi connectivity index (χ1) is 22.0. The van der Waals surface area contributed by atoms with Gasteiger partial charge in [0.25, 0.3) is 0 Å². The van der Waals surface area contributed by atoms with Crippen LogP contribution in [0.1, 0.15) is 16.7 Å². The molecular weight excluding hydrogens is 774 g/mol. The van der Waals surface area contributed by atoms with Gasteiger partial charge in [-0.15, -0.1) is 0 Å². The van der Waals surface area contributed by atoms with E-state index in [1.165, 1.54) is 43.5 Å². The maximum Gasteiger partial charge on any atom is 0.172 e. The SMILES string of the molecule is N#CSS1=CC(c2ccccc2)=CS1.[O-][Cl+3]([O-])([O-])OS1=CC(c2ccccc2)=CS1.[O-][Cl+3]([O-])([O-])OS1=CC=C(c2ccccc2)S1. The second kappa shape index (κ2) is 18.5. The quantitative estimate of drug-likeness (QED) is 0.185. The molecule has 18 heteroatoms. The summed E-state index contributed by atoms with van der Waals surface area (Å²) < 4.78 is 70.9. The average molecular weight is 795 g/mol. The minimum atomic E-state index is -4.37. The van der Waals surface area contributed by atoms with Crippen molar-refractivity contribution in [1.82, 2.24) is 0 Å². The Bertz CT molecular complexity index is 1720. The van der Waals surface area contributed by atoms with Crippen LogP contribution in [0.4, 0.5) is 0 Å². The number of hydrogen-bond donors (Lipinski definition) is 0. The summed E-state index contributed by atoms with van der Waals surface area (Å²) in [7, 11) is -5.38. The van der Waals surface area contributed by atoms with Crippen LogP contribution in [-0.2, 0) is 7.47 Å². The summed E-state index contributed by atoms with van der Waals surface area (Å²) in [5.41, 5.74) is 5.28. The van der Waals surface area contributed by atoms with E-state index in [-0.39, 0.29) is 8.55 Å². The number of benzene rings is 3. The molecule has 0 saturated carbocycles. The highest BCUT2D eigenvalue weighted by Gasteiger charge is 2.26. The molecule has 0 fully saturated rings. The highest BCUT2D eigenvalue weighted by molar-refractivity contribution is 9.17. The van der Waals surface area contributed by atoms with Crippen molar-refractivity contribution in [1.29, 1.82) is 5.26 Å². The van der Waals surface area contributed by atoms with Gasteiger partial charge in [0.2, 0.25) is 0 Å². The van der Waals surface area contributed by atoms with Crippen molar-refractivity contribution < 1.29 is 55.9 Å². The summed E-state index contributed by atoms with van der Waals surface area (Å²) in [4.78, 5) is 0.891. The Morgan fingerprint density at radius 3 is 1.63 bits per heavy atom. The van der Waals surface area contributed by atoms with Crippen LogP contribution < -0.4 is 28.0 Å². The molecule has 3 atom stereocenters. The molecule has 3 aliphatic heterocycles. The predicted molar refractivity (Wildman–Crippen MR) is 182 cm³/mol. The van der Waals surface area contributed by atoms with Gasteiger partial charge in [0, 0.05) is 26.4 Å². The number of allylic oxidation sites excluding steroid dienone is 3. The van der Waals surface area contributed by atoms with Gasteiger partial charge in [-0.25, -0.2) is 0 Å². The van der Waals surface area contributed by atoms with E-state index in [4.69, 9.17) is 5.26 Å². The third-order valence-corrected chi connectivity index (χ3v) is 17.6. The van der Waals surface area contributed by atoms with Gasteiger partial charge in [0.05, 0.1) is 20.5 Å². The molecule has 3 aromatic carbocycles. The average Bonchev–Trinajstić information content (AvgIpc) is 3.80. The lowest BCUT2D eigenvalue weighted by Gasteiger charge is -2.12. The molecule has 0 saturated heterocycles. The third kappa shape index (κ3) is 13.3. The van der Waals surface area contributed by atoms with Crippen LogP contribution in [0.2, 0.25) is 0 Å². The summed E-state index contributed by atoms with van der Waals surface area (Å²) in [6.07, 6.45) is 1.75. The van der Waals surface area contributed by atoms with Gasteiger partial charge in [-0.2, -0.15) is 33.2 Å². The lowest BCUT2D eigenvalue weighted by Crippen LogP contribution is -2.60. The van der Waals surface area contributed by atoms with E-state index in [9.17, 15) is 28.0 Å². The van der Waals surface area contributed by atoms with Crippen LogP contribution in [0.25, 0.3) is 16.1 Å². The molecule has 0 aliphatic carbocycles. The Morgan fingerprint density at radius 2 is 1.11 bits per heavy atom. The number of nitrogens with zero attached hydrogens (tertiary/aromatic N) is 1. The van der Waals surface area contributed by atoms with Crippen molar-refractivity contribution in [2.75, 3.05) is 0 Å². The van der Waals surface area contributed by atoms with Gasteiger partial charge < -0.3 is 0 Å². The number of rotatable bonds is 8. The molecule has 6 rings (SSSR count). The first kappa shape index (κ1) is 37.5. The summed E-state index contributed by atoms with van der Waals surface area (Å²) in [6.45, 7) is 0. The normalized spacial score (nSPS) is 20.2. The van der Waals surface area contributed by atoms with Gasteiger partial charge in [0.1, 0.15) is 12.9 Å². The summed E-state index contributed by atoms with van der Waals surface area (Å²) in [6, 6.07) is 29.2. The Kier molecular flexibility index (Phi) is 15.0. The molecule has 3 aromatic rings. The van der Waals surface area contributed by atoms with Gasteiger partial charge in [0.15, 0.2) is 19.6 Å². The molecule has 9 nitrogen and oxygen atoms in total. The van der Waals surface area contributed by atoms with Crippen LogP contribution in [0.15, 0.2) is 108 Å². The lowest BCUT2D eigenvalue weighted by molar-refractivity contribution is -1.91. The molecule has 0 N–H and O–H groups in total. The fourth-order valence-electron chi connectivity index (χ4n) is 3.36. The van der Waals surface area contributed by atoms with E-state index in [0.29, 0.717) is 0 Å². The topological polar surface area (TPSA) is 181 Å². The molecule has 3 heterocycles. The van der Waals surface area contributed by atoms with Crippen molar-refractivity contribution in [3.8, 4) is 5.40 Å². The molecule has 0 spiro atoms. The van der Waals surface area contributed by atoms with E-state index in [1.807, 2.05) is 78.9 Å². The fraction of sp³-hybridized carbons (Fsp3) is 0. The number of hydrogen-bond acceptors (Lipinski definition) is 13. The molecule has 242 valence electrons. The Balaban J connectivity index is 0.000000157. The molecule has 3 unspecified atom stereocenters. The highest BCUT2D eigenvalue weighted by atomic mass is 35.7. The summed E-state index contributed by atoms with van der Waals surface area (Å²) >= 11 is 0. The van der Waals surface area contributed by atoms with Crippen molar-refractivity contribution >= 4 is 103 Å². The Labute approximate surface area is 292 Å². The molecule has 0 amide bonds. The molecule has 3 aliphatic rings. The van der Waals surface area contributed by atoms with Crippen molar-refractivity contribution in [2.45, 2.75) is 0 Å². The monoisotopic (exact) mass is 793 g/mol. The van der Waals surface area contributed by atoms with Gasteiger partial charge in [-0.3, -0.25) is 0 Å². The van der Waals surface area contributed by atoms with E-state index < -0.39 is 40.1 Å². The Hall–Kier alpha value is -1.31. The minimum absolute atomic E-state index is 0.00325. The molecule has 0 aromatic heterocycles. The molecule has 0 bridgehead atoms. The smallest absolute Gasteiger partial charge is 0.172 e. The van der Waals surface area contributed by atoms with E-state index >= 15 is 0 Å². The minimum Gasteiger partial charge on any atom is -0.184 e. The van der Waals surface area contributed by atoms with Crippen LogP contribution >= 0.6 is 71.3 Å². The molecule has 0 radical (unpaired) electrons. The predicted octanol–water partition coefficient (Wildman–Crippen LogP) is 3.07. The van der Waals surface area contributed by atoms with E-state index in [2.05, 4.69) is 35.8 Å². The maximum absolute atomic E-state index is 10.4. The van der Waals surface area contributed by atoms with E-state index in [0.717, 1.165) is 21.6 Å². The van der Waals surface area contributed by atoms with Gasteiger partial charge in [-0.1, -0.05) is 102 Å². The third-order valence-electron chi connectivity index (χ3n) is 5.16. The van der Waals surface area contributed by atoms with Gasteiger partial charge >= 0.3 is 0 Å². The van der Waals surface area contributed by atoms with Crippen molar-refractivity contribution in [3.05, 3.63) is 125 Å². The summed E-state index contributed by atoms with van der Waals surface area (Å²) in [5, 5.41) is 19.9. The molecular formula is C28H21Cl2NO8S7. The highest BCUT2D eigenvalue weighted by Crippen LogP contribution is 2.49. The largest absolute Gasteiger partial charge is 0.184 e. The molecule has 46 heavy (non-hydrogen) atoms. The summed E-state index contributed by atoms with van der Waals surface area (Å²) in [5.74, 6) is 0. The number of halogens is 2. The number of thiocyanates is 1. The Morgan fingerprint density at radius 1 is 0.630 bits per heavy atom. The fourth-order valence-corrected chi connectivity index (χ4v) is 15.0. The standard InChI is InChI=1S/C10H7NS3.2C9H7ClO4S2/c11-8-13-14-7-10(6-12-14)9-4-2-1-3-5-9;11-10(12,13)14-16-7-9(6-15-16)8-4-2-1-3-5-8;11-10(12,13)14-16-7-6-9(15-16)8-4-2-1-3-5-8/h1-7H;2*1-7H. The van der Waals surface area contributed by atoms with Crippen molar-refractivity contribution in [2.24, 2.45) is 0 Å². The second-order valence-corrected chi connectivity index (χ2v) is 21.8. The number of nitriles is 1. The van der Waals surface area contributed by atoms with Crippen LogP contribution in [-0.4, -0.2) is 16.1 Å². The first-order valence-electron chi connectivity index (χ1n) is 12.3. The first-order valence-corrected chi connectivity index (χ1v) is 23.9. The maximum atomic E-state index is 10.4.